The van der Waals surface area contributed by atoms with E-state index in [-0.39, 0.29) is 25.5 Å². The van der Waals surface area contributed by atoms with Gasteiger partial charge in [-0.3, -0.25) is 0 Å². The number of nitrogens with zero attached hydrogens (tertiary/aromatic N) is 2. The molecule has 0 atom stereocenters. The standard InChI is InChI=1S/C28H24NS.C14H16NSi.Ir/c1-28(2,3)18-19-14-15-29-25(16-19)24-11-7-10-23-22-13-12-21(17-26(22)30-27(23)24)20-8-5-4-6-9-20;1-16(2,3)13-9-10-14(15-11-13)12-7-5-4-6-8-12;/h4-10,12-17H,18H2,1-3H3;4-7,9-11H,1-3H3;/q2*-1;. The number of hydrogen-bond acceptors (Lipinski definition) is 3. The van der Waals surface area contributed by atoms with E-state index in [2.05, 4.69) is 136 Å². The molecule has 0 bridgehead atoms. The van der Waals surface area contributed by atoms with E-state index in [1.807, 2.05) is 54.1 Å². The zero-order valence-corrected chi connectivity index (χ0v) is 32.1. The molecule has 0 amide bonds. The van der Waals surface area contributed by atoms with Gasteiger partial charge in [-0.2, -0.15) is 11.3 Å². The first-order chi connectivity index (χ1) is 22.0. The summed E-state index contributed by atoms with van der Waals surface area (Å²) in [6.45, 7) is 13.8. The smallest absolute Gasteiger partial charge is 0.0795 e. The predicted octanol–water partition coefficient (Wildman–Crippen LogP) is 11.3. The summed E-state index contributed by atoms with van der Waals surface area (Å²) >= 11 is 1.84. The molecule has 0 spiro atoms. The number of aromatic nitrogens is 2. The topological polar surface area (TPSA) is 25.8 Å². The van der Waals surface area contributed by atoms with Crippen molar-refractivity contribution >= 4 is 44.8 Å². The van der Waals surface area contributed by atoms with Crippen LogP contribution in [0, 0.1) is 17.5 Å². The van der Waals surface area contributed by atoms with Crippen molar-refractivity contribution in [2.24, 2.45) is 5.41 Å². The van der Waals surface area contributed by atoms with Crippen molar-refractivity contribution in [3.8, 4) is 33.6 Å². The van der Waals surface area contributed by atoms with Gasteiger partial charge in [-0.05, 0) is 61.8 Å². The number of hydrogen-bond donors (Lipinski definition) is 0. The summed E-state index contributed by atoms with van der Waals surface area (Å²) in [5.74, 6) is 0. The molecule has 4 aromatic carbocycles. The number of thiophene rings is 1. The second kappa shape index (κ2) is 14.6. The molecule has 0 saturated heterocycles. The van der Waals surface area contributed by atoms with Crippen LogP contribution in [0.4, 0.5) is 0 Å². The van der Waals surface area contributed by atoms with Gasteiger partial charge in [0.2, 0.25) is 0 Å². The Morgan fingerprint density at radius 1 is 0.702 bits per heavy atom. The summed E-state index contributed by atoms with van der Waals surface area (Å²) in [4.78, 5) is 9.22. The van der Waals surface area contributed by atoms with Gasteiger partial charge in [-0.15, -0.1) is 59.7 Å². The third kappa shape index (κ3) is 8.41. The zero-order valence-electron chi connectivity index (χ0n) is 27.9. The second-order valence-electron chi connectivity index (χ2n) is 14.0. The average molecular weight is 825 g/mol. The van der Waals surface area contributed by atoms with Crippen LogP contribution in [-0.4, -0.2) is 18.0 Å². The van der Waals surface area contributed by atoms with Gasteiger partial charge in [-0.1, -0.05) is 112 Å². The largest absolute Gasteiger partial charge is 0.305 e. The van der Waals surface area contributed by atoms with E-state index in [4.69, 9.17) is 4.98 Å². The van der Waals surface area contributed by atoms with E-state index in [9.17, 15) is 0 Å². The molecule has 1 radical (unpaired) electrons. The summed E-state index contributed by atoms with van der Waals surface area (Å²) < 4.78 is 2.57. The molecule has 0 aliphatic heterocycles. The molecule has 7 aromatic rings. The van der Waals surface area contributed by atoms with Crippen LogP contribution < -0.4 is 5.19 Å². The van der Waals surface area contributed by atoms with Gasteiger partial charge in [0.25, 0.3) is 0 Å². The van der Waals surface area contributed by atoms with Crippen LogP contribution in [0.2, 0.25) is 19.6 Å². The Balaban J connectivity index is 0.000000217. The van der Waals surface area contributed by atoms with Crippen molar-refractivity contribution in [1.82, 2.24) is 9.97 Å². The molecule has 0 aliphatic carbocycles. The summed E-state index contributed by atoms with van der Waals surface area (Å²) in [5, 5.41) is 3.98. The molecule has 0 aliphatic rings. The van der Waals surface area contributed by atoms with Crippen LogP contribution in [0.5, 0.6) is 0 Å². The van der Waals surface area contributed by atoms with Gasteiger partial charge in [0, 0.05) is 37.2 Å². The number of benzene rings is 4. The van der Waals surface area contributed by atoms with E-state index < -0.39 is 8.07 Å². The molecule has 7 rings (SSSR count). The molecule has 0 fully saturated rings. The summed E-state index contributed by atoms with van der Waals surface area (Å²) in [7, 11) is -1.23. The van der Waals surface area contributed by atoms with E-state index in [1.165, 1.54) is 42.0 Å². The minimum atomic E-state index is -1.23. The number of fused-ring (bicyclic) bond motifs is 3. The maximum Gasteiger partial charge on any atom is 0.0795 e. The van der Waals surface area contributed by atoms with Crippen LogP contribution >= 0.6 is 11.3 Å². The third-order valence-corrected chi connectivity index (χ3v) is 11.2. The molecule has 0 N–H and O–H groups in total. The number of pyridine rings is 2. The van der Waals surface area contributed by atoms with Crippen LogP contribution in [0.1, 0.15) is 26.3 Å². The van der Waals surface area contributed by atoms with Crippen molar-refractivity contribution in [1.29, 1.82) is 0 Å². The van der Waals surface area contributed by atoms with E-state index in [0.717, 1.165) is 28.9 Å². The van der Waals surface area contributed by atoms with Crippen LogP contribution in [0.25, 0.3) is 53.8 Å². The first-order valence-electron chi connectivity index (χ1n) is 15.9. The van der Waals surface area contributed by atoms with Gasteiger partial charge in [-0.25, -0.2) is 0 Å². The van der Waals surface area contributed by atoms with Crippen molar-refractivity contribution in [2.75, 3.05) is 0 Å². The third-order valence-electron chi connectivity index (χ3n) is 7.97. The zero-order chi connectivity index (χ0) is 32.3. The molecule has 0 unspecified atom stereocenters. The van der Waals surface area contributed by atoms with Gasteiger partial charge < -0.3 is 9.97 Å². The Morgan fingerprint density at radius 3 is 2.17 bits per heavy atom. The molecule has 3 heterocycles. The van der Waals surface area contributed by atoms with E-state index in [1.54, 1.807) is 0 Å². The molecule has 5 heteroatoms. The fourth-order valence-corrected chi connectivity index (χ4v) is 7.91. The quantitative estimate of drug-likeness (QED) is 0.128. The molecule has 2 nitrogen and oxygen atoms in total. The Bertz CT molecular complexity index is 2070. The molecular formula is C42H40IrN2SSi-2. The summed E-state index contributed by atoms with van der Waals surface area (Å²) in [5.41, 5.74) is 8.26. The first-order valence-corrected chi connectivity index (χ1v) is 20.2. The molecular weight excluding hydrogens is 785 g/mol. The van der Waals surface area contributed by atoms with Crippen LogP contribution in [0.3, 0.4) is 0 Å². The van der Waals surface area contributed by atoms with Crippen LogP contribution in [-0.2, 0) is 26.5 Å². The molecule has 0 saturated carbocycles. The van der Waals surface area contributed by atoms with Gasteiger partial charge >= 0.3 is 0 Å². The maximum absolute atomic E-state index is 4.70. The van der Waals surface area contributed by atoms with E-state index >= 15 is 0 Å². The van der Waals surface area contributed by atoms with Gasteiger partial charge in [0.05, 0.1) is 8.07 Å². The second-order valence-corrected chi connectivity index (χ2v) is 20.1. The van der Waals surface area contributed by atoms with Gasteiger partial charge in [0.15, 0.2) is 0 Å². The Kier molecular flexibility index (Phi) is 10.7. The van der Waals surface area contributed by atoms with Crippen molar-refractivity contribution in [3.05, 3.63) is 139 Å². The summed E-state index contributed by atoms with van der Waals surface area (Å²) in [6, 6.07) is 44.8. The maximum atomic E-state index is 4.70. The fraction of sp³-hybridized carbons (Fsp3) is 0.190. The van der Waals surface area contributed by atoms with Crippen molar-refractivity contribution < 1.29 is 20.1 Å². The number of rotatable bonds is 5. The Labute approximate surface area is 298 Å². The Hall–Kier alpha value is -3.73. The average Bonchev–Trinajstić information content (AvgIpc) is 3.43. The minimum Gasteiger partial charge on any atom is -0.305 e. The van der Waals surface area contributed by atoms with E-state index in [0.29, 0.717) is 0 Å². The van der Waals surface area contributed by atoms with Crippen molar-refractivity contribution in [3.63, 3.8) is 0 Å². The SMILES string of the molecule is CC(C)(C)Cc1ccnc(-c2[c-]ccc3c2sc2cc(-c4ccccc4)ccc23)c1.C[Si](C)(C)c1ccc(-c2[c-]cccc2)nc1.[Ir]. The molecule has 47 heavy (non-hydrogen) atoms. The Morgan fingerprint density at radius 2 is 1.49 bits per heavy atom. The normalized spacial score (nSPS) is 11.5. The van der Waals surface area contributed by atoms with Crippen LogP contribution in [0.15, 0.2) is 122 Å². The minimum absolute atomic E-state index is 0. The monoisotopic (exact) mass is 825 g/mol. The van der Waals surface area contributed by atoms with Gasteiger partial charge in [0.1, 0.15) is 0 Å². The van der Waals surface area contributed by atoms with Crippen molar-refractivity contribution in [2.45, 2.75) is 46.8 Å². The molecule has 3 aromatic heterocycles. The molecule has 239 valence electrons. The fourth-order valence-electron chi connectivity index (χ4n) is 5.62. The predicted molar refractivity (Wildman–Crippen MR) is 201 cm³/mol. The first kappa shape index (κ1) is 34.6. The summed E-state index contributed by atoms with van der Waals surface area (Å²) in [6.07, 6.45) is 4.98.